The normalized spacial score (nSPS) is 17.5. The Morgan fingerprint density at radius 2 is 1.83 bits per heavy atom. The highest BCUT2D eigenvalue weighted by Gasteiger charge is 2.38. The molecule has 1 saturated heterocycles. The van der Waals surface area contributed by atoms with Gasteiger partial charge in [0.2, 0.25) is 15.9 Å². The fourth-order valence-electron chi connectivity index (χ4n) is 3.68. The molecule has 8 heteroatoms. The largest absolute Gasteiger partial charge is 0.340 e. The summed E-state index contributed by atoms with van der Waals surface area (Å²) in [7, 11) is -2.31. The molecule has 1 amide bonds. The van der Waals surface area contributed by atoms with E-state index in [4.69, 9.17) is 0 Å². The van der Waals surface area contributed by atoms with Gasteiger partial charge in [0.25, 0.3) is 0 Å². The molecule has 0 aromatic heterocycles. The molecule has 1 atom stereocenters. The van der Waals surface area contributed by atoms with Crippen LogP contribution in [-0.4, -0.2) is 48.9 Å². The number of amides is 1. The maximum atomic E-state index is 13.4. The fraction of sp³-hybridized carbons (Fsp3) is 0.364. The highest BCUT2D eigenvalue weighted by atomic mass is 32.2. The van der Waals surface area contributed by atoms with Gasteiger partial charge in [0.1, 0.15) is 11.9 Å². The second-order valence-corrected chi connectivity index (χ2v) is 9.42. The molecule has 160 valence electrons. The third-order valence-electron chi connectivity index (χ3n) is 5.29. The van der Waals surface area contributed by atoms with Crippen molar-refractivity contribution in [3.05, 3.63) is 65.5 Å². The van der Waals surface area contributed by atoms with Gasteiger partial charge in [-0.3, -0.25) is 9.59 Å². The molecule has 0 aliphatic carbocycles. The lowest BCUT2D eigenvalue weighted by Crippen LogP contribution is -2.52. The van der Waals surface area contributed by atoms with Crippen LogP contribution in [0.25, 0.3) is 0 Å². The molecule has 2 aromatic rings. The van der Waals surface area contributed by atoms with E-state index in [1.165, 1.54) is 52.5 Å². The van der Waals surface area contributed by atoms with Gasteiger partial charge in [-0.15, -0.1) is 0 Å². The first-order chi connectivity index (χ1) is 14.2. The summed E-state index contributed by atoms with van der Waals surface area (Å²) in [4.78, 5) is 26.1. The van der Waals surface area contributed by atoms with Gasteiger partial charge in [0, 0.05) is 25.7 Å². The number of carbonyl (C=O) groups excluding carboxylic acids is 2. The Morgan fingerprint density at radius 3 is 2.47 bits per heavy atom. The molecule has 0 spiro atoms. The summed E-state index contributed by atoms with van der Waals surface area (Å²) in [6, 6.07) is 10.9. The predicted molar refractivity (Wildman–Crippen MR) is 111 cm³/mol. The number of hydrogen-bond donors (Lipinski definition) is 0. The van der Waals surface area contributed by atoms with E-state index in [2.05, 4.69) is 0 Å². The van der Waals surface area contributed by atoms with Crippen molar-refractivity contribution in [2.24, 2.45) is 0 Å². The molecule has 1 aliphatic rings. The third kappa shape index (κ3) is 4.76. The summed E-state index contributed by atoms with van der Waals surface area (Å²) in [5.41, 5.74) is 1.06. The van der Waals surface area contributed by atoms with E-state index in [9.17, 15) is 22.4 Å². The topological polar surface area (TPSA) is 74.8 Å². The Bertz CT molecular complexity index is 1040. The molecule has 1 unspecified atom stereocenters. The maximum absolute atomic E-state index is 13.4. The highest BCUT2D eigenvalue weighted by Crippen LogP contribution is 2.27. The lowest BCUT2D eigenvalue weighted by Gasteiger charge is -2.35. The number of rotatable bonds is 6. The van der Waals surface area contributed by atoms with Crippen LogP contribution in [0.15, 0.2) is 53.4 Å². The molecule has 3 rings (SSSR count). The fourth-order valence-corrected chi connectivity index (χ4v) is 5.33. The van der Waals surface area contributed by atoms with E-state index >= 15 is 0 Å². The van der Waals surface area contributed by atoms with E-state index in [0.717, 1.165) is 6.42 Å². The molecule has 0 bridgehead atoms. The van der Waals surface area contributed by atoms with Gasteiger partial charge in [-0.05, 0) is 49.6 Å². The Kier molecular flexibility index (Phi) is 6.67. The molecular formula is C22H25FN2O4S. The Labute approximate surface area is 176 Å². The summed E-state index contributed by atoms with van der Waals surface area (Å²) in [6.07, 6.45) is 1.85. The van der Waals surface area contributed by atoms with E-state index in [1.54, 1.807) is 19.2 Å². The summed E-state index contributed by atoms with van der Waals surface area (Å²) in [5.74, 6) is -0.851. The smallest absolute Gasteiger partial charge is 0.243 e. The number of ketones is 1. The van der Waals surface area contributed by atoms with Crippen molar-refractivity contribution >= 4 is 21.7 Å². The van der Waals surface area contributed by atoms with E-state index in [1.807, 2.05) is 0 Å². The van der Waals surface area contributed by atoms with Crippen LogP contribution in [-0.2, 0) is 21.4 Å². The van der Waals surface area contributed by atoms with Gasteiger partial charge < -0.3 is 4.90 Å². The second kappa shape index (κ2) is 9.06. The van der Waals surface area contributed by atoms with Crippen LogP contribution in [0.3, 0.4) is 0 Å². The van der Waals surface area contributed by atoms with Crippen molar-refractivity contribution in [2.45, 2.75) is 43.7 Å². The summed E-state index contributed by atoms with van der Waals surface area (Å²) in [5, 5.41) is 0. The van der Waals surface area contributed by atoms with Crippen molar-refractivity contribution < 1.29 is 22.4 Å². The van der Waals surface area contributed by atoms with Crippen LogP contribution in [0, 0.1) is 5.82 Å². The Morgan fingerprint density at radius 1 is 1.13 bits per heavy atom. The van der Waals surface area contributed by atoms with Crippen LogP contribution in [0.2, 0.25) is 0 Å². The number of hydrogen-bond acceptors (Lipinski definition) is 4. The molecule has 2 aromatic carbocycles. The first-order valence-corrected chi connectivity index (χ1v) is 11.3. The first kappa shape index (κ1) is 22.1. The van der Waals surface area contributed by atoms with Crippen molar-refractivity contribution in [1.82, 2.24) is 9.21 Å². The average Bonchev–Trinajstić information content (AvgIpc) is 2.73. The highest BCUT2D eigenvalue weighted by molar-refractivity contribution is 7.89. The number of sulfonamides is 1. The van der Waals surface area contributed by atoms with Crippen molar-refractivity contribution in [3.63, 3.8) is 0 Å². The molecule has 1 aliphatic heterocycles. The first-order valence-electron chi connectivity index (χ1n) is 9.82. The molecule has 30 heavy (non-hydrogen) atoms. The van der Waals surface area contributed by atoms with Crippen molar-refractivity contribution in [1.29, 1.82) is 0 Å². The number of likely N-dealkylation sites (N-methyl/N-ethyl adjacent to an activating group) is 1. The zero-order chi connectivity index (χ0) is 21.9. The summed E-state index contributed by atoms with van der Waals surface area (Å²) < 4.78 is 41.2. The minimum Gasteiger partial charge on any atom is -0.340 e. The Balaban J connectivity index is 1.82. The molecule has 6 nitrogen and oxygen atoms in total. The van der Waals surface area contributed by atoms with Crippen molar-refractivity contribution in [2.75, 3.05) is 13.6 Å². The number of nitrogens with zero attached hydrogens (tertiary/aromatic N) is 2. The third-order valence-corrected chi connectivity index (χ3v) is 7.21. The molecule has 1 fully saturated rings. The zero-order valence-corrected chi connectivity index (χ0v) is 17.9. The number of piperidine rings is 1. The SMILES string of the molecule is CC(=O)c1ccc(S(=O)(=O)N2CCCCC2C(=O)N(C)Cc2cccc(F)c2)cc1. The quantitative estimate of drug-likeness (QED) is 0.657. The van der Waals surface area contributed by atoms with Crippen LogP contribution in [0.5, 0.6) is 0 Å². The average molecular weight is 433 g/mol. The van der Waals surface area contributed by atoms with Crippen molar-refractivity contribution in [3.8, 4) is 0 Å². The van der Waals surface area contributed by atoms with E-state index in [-0.39, 0.29) is 35.5 Å². The van der Waals surface area contributed by atoms with Gasteiger partial charge in [0.15, 0.2) is 5.78 Å². The van der Waals surface area contributed by atoms with E-state index in [0.29, 0.717) is 24.0 Å². The monoisotopic (exact) mass is 432 g/mol. The van der Waals surface area contributed by atoms with Crippen LogP contribution in [0.1, 0.15) is 42.1 Å². The van der Waals surface area contributed by atoms with Gasteiger partial charge >= 0.3 is 0 Å². The van der Waals surface area contributed by atoms with Gasteiger partial charge in [-0.2, -0.15) is 4.31 Å². The van der Waals surface area contributed by atoms with Crippen LogP contribution < -0.4 is 0 Å². The number of carbonyl (C=O) groups is 2. The molecule has 1 heterocycles. The molecule has 0 saturated carbocycles. The maximum Gasteiger partial charge on any atom is 0.243 e. The Hall–Kier alpha value is -2.58. The standard InChI is InChI=1S/C22H25FN2O4S/c1-16(26)18-9-11-20(12-10-18)30(28,29)25-13-4-3-8-21(25)22(27)24(2)15-17-6-5-7-19(23)14-17/h5-7,9-12,14,21H,3-4,8,13,15H2,1-2H3. The summed E-state index contributed by atoms with van der Waals surface area (Å²) >= 11 is 0. The molecular weight excluding hydrogens is 407 g/mol. The lowest BCUT2D eigenvalue weighted by atomic mass is 10.0. The minimum atomic E-state index is -3.90. The molecule has 0 radical (unpaired) electrons. The lowest BCUT2D eigenvalue weighted by molar-refractivity contribution is -0.135. The van der Waals surface area contributed by atoms with Gasteiger partial charge in [-0.25, -0.2) is 12.8 Å². The van der Waals surface area contributed by atoms with Crippen LogP contribution >= 0.6 is 0 Å². The summed E-state index contributed by atoms with van der Waals surface area (Å²) in [6.45, 7) is 1.85. The van der Waals surface area contributed by atoms with E-state index < -0.39 is 16.1 Å². The zero-order valence-electron chi connectivity index (χ0n) is 17.0. The molecule has 0 N–H and O–H groups in total. The predicted octanol–water partition coefficient (Wildman–Crippen LogP) is 3.23. The number of Topliss-reactive ketones (excluding diaryl/α,β-unsaturated/α-hetero) is 1. The minimum absolute atomic E-state index is 0.0555. The number of benzene rings is 2. The van der Waals surface area contributed by atoms with Gasteiger partial charge in [-0.1, -0.05) is 30.7 Å². The second-order valence-electron chi connectivity index (χ2n) is 7.53. The van der Waals surface area contributed by atoms with Crippen LogP contribution in [0.4, 0.5) is 4.39 Å². The number of halogens is 1. The van der Waals surface area contributed by atoms with Gasteiger partial charge in [0.05, 0.1) is 4.90 Å².